The Morgan fingerprint density at radius 2 is 1.16 bits per heavy atom. The van der Waals surface area contributed by atoms with Gasteiger partial charge in [-0.3, -0.25) is 34.6 Å². The van der Waals surface area contributed by atoms with Crippen LogP contribution < -0.4 is 0 Å². The number of rotatable bonds is 12. The second kappa shape index (κ2) is 15.1. The fourth-order valence-electron chi connectivity index (χ4n) is 7.52. The Morgan fingerprint density at radius 1 is 0.667 bits per heavy atom. The van der Waals surface area contributed by atoms with Gasteiger partial charge in [0, 0.05) is 41.4 Å². The van der Waals surface area contributed by atoms with Gasteiger partial charge in [0.05, 0.1) is 41.0 Å². The van der Waals surface area contributed by atoms with E-state index in [4.69, 9.17) is 14.5 Å². The van der Waals surface area contributed by atoms with Crippen LogP contribution in [0.2, 0.25) is 0 Å². The predicted molar refractivity (Wildman–Crippen MR) is 153 cm³/mol. The first kappa shape index (κ1) is 34.9. The molecule has 0 bridgehead atoms. The maximum atomic E-state index is 13.4. The molecular formula is C28H42N2O14S. The lowest BCUT2D eigenvalue weighted by Gasteiger charge is -2.35. The topological polar surface area (TPSA) is 240 Å². The molecule has 0 spiro atoms. The summed E-state index contributed by atoms with van der Waals surface area (Å²) in [5, 5.41) is 40.2. The number of carboxylic acid groups (broad SMARTS) is 2. The van der Waals surface area contributed by atoms with Crippen LogP contribution in [0.5, 0.6) is 0 Å². The summed E-state index contributed by atoms with van der Waals surface area (Å²) < 4.78 is 32.4. The van der Waals surface area contributed by atoms with Gasteiger partial charge in [0.1, 0.15) is 6.10 Å². The monoisotopic (exact) mass is 662 g/mol. The Bertz CT molecular complexity index is 1210. The molecule has 4 aliphatic rings. The van der Waals surface area contributed by atoms with Crippen LogP contribution >= 0.6 is 0 Å². The third-order valence-electron chi connectivity index (χ3n) is 10.3. The first-order valence-electron chi connectivity index (χ1n) is 15.7. The molecule has 0 radical (unpaired) electrons. The van der Waals surface area contributed by atoms with E-state index in [1.54, 1.807) is 0 Å². The van der Waals surface area contributed by atoms with Crippen molar-refractivity contribution in [1.29, 1.82) is 0 Å². The van der Waals surface area contributed by atoms with Gasteiger partial charge >= 0.3 is 17.9 Å². The second-order valence-electron chi connectivity index (χ2n) is 13.0. The van der Waals surface area contributed by atoms with E-state index in [0.29, 0.717) is 38.5 Å². The molecule has 0 aromatic carbocycles. The standard InChI is InChI=1S/C28H42N2O14S/c31-26(32)23-11-1-17(29(36)37)13-16(23)15-42-44-20-5-9-22(10-6-20)45(40,41)21-7-3-19(4-8-21)43-28(35)25-14-18(30(38)39)2-12-24(25)27(33)34/h16-25H,1-15H2,(H,31,32)(H,33,34). The molecule has 17 heteroatoms. The first-order valence-corrected chi connectivity index (χ1v) is 17.3. The summed E-state index contributed by atoms with van der Waals surface area (Å²) >= 11 is 0. The van der Waals surface area contributed by atoms with E-state index in [1.165, 1.54) is 0 Å². The highest BCUT2D eigenvalue weighted by Crippen LogP contribution is 2.37. The maximum absolute atomic E-state index is 13.4. The van der Waals surface area contributed by atoms with E-state index in [2.05, 4.69) is 0 Å². The van der Waals surface area contributed by atoms with Gasteiger partial charge in [-0.15, -0.1) is 0 Å². The van der Waals surface area contributed by atoms with Crippen LogP contribution in [0.15, 0.2) is 0 Å². The van der Waals surface area contributed by atoms with E-state index < -0.39 is 90.0 Å². The Morgan fingerprint density at radius 3 is 1.67 bits per heavy atom. The predicted octanol–water partition coefficient (Wildman–Crippen LogP) is 2.81. The maximum Gasteiger partial charge on any atom is 0.310 e. The number of aliphatic carboxylic acids is 2. The SMILES string of the molecule is O=C(O)C1CCC([N+](=O)[O-])CC1COOC1CCC(S(=O)(=O)C2CCC(OC(=O)C3CC([N+](=O)[O-])CCC3C(=O)O)CC2)CC1. The van der Waals surface area contributed by atoms with E-state index in [9.17, 15) is 53.2 Å². The molecular weight excluding hydrogens is 620 g/mol. The minimum Gasteiger partial charge on any atom is -0.481 e. The Balaban J connectivity index is 1.20. The van der Waals surface area contributed by atoms with Crippen LogP contribution in [0.25, 0.3) is 0 Å². The third kappa shape index (κ3) is 8.67. The van der Waals surface area contributed by atoms with Crippen LogP contribution in [0, 0.1) is 43.9 Å². The summed E-state index contributed by atoms with van der Waals surface area (Å²) in [6.45, 7) is -0.0959. The summed E-state index contributed by atoms with van der Waals surface area (Å²) in [5.74, 6) is -6.47. The van der Waals surface area contributed by atoms with Gasteiger partial charge in [0.2, 0.25) is 12.1 Å². The summed E-state index contributed by atoms with van der Waals surface area (Å²) in [6, 6.07) is -1.82. The zero-order chi connectivity index (χ0) is 32.9. The second-order valence-corrected chi connectivity index (χ2v) is 15.5. The smallest absolute Gasteiger partial charge is 0.310 e. The van der Waals surface area contributed by atoms with E-state index in [0.717, 1.165) is 0 Å². The number of carboxylic acids is 2. The summed E-state index contributed by atoms with van der Waals surface area (Å²) in [4.78, 5) is 68.4. The summed E-state index contributed by atoms with van der Waals surface area (Å²) in [6.07, 6.45) is 2.10. The fourth-order valence-corrected chi connectivity index (χ4v) is 9.92. The van der Waals surface area contributed by atoms with Gasteiger partial charge in [0.25, 0.3) is 0 Å². The van der Waals surface area contributed by atoms with E-state index in [1.807, 2.05) is 0 Å². The first-order chi connectivity index (χ1) is 21.3. The molecule has 2 N–H and O–H groups in total. The van der Waals surface area contributed by atoms with Gasteiger partial charge in [-0.1, -0.05) is 0 Å². The molecule has 45 heavy (non-hydrogen) atoms. The Labute approximate surface area is 260 Å². The summed E-state index contributed by atoms with van der Waals surface area (Å²) in [7, 11) is -3.51. The van der Waals surface area contributed by atoms with Crippen LogP contribution in [-0.2, 0) is 38.7 Å². The van der Waals surface area contributed by atoms with Gasteiger partial charge < -0.3 is 14.9 Å². The number of nitro groups is 2. The number of ether oxygens (including phenoxy) is 1. The molecule has 0 saturated heterocycles. The van der Waals surface area contributed by atoms with Gasteiger partial charge in [-0.2, -0.15) is 0 Å². The molecule has 4 aliphatic carbocycles. The molecule has 0 aromatic heterocycles. The van der Waals surface area contributed by atoms with Crippen LogP contribution in [0.3, 0.4) is 0 Å². The van der Waals surface area contributed by atoms with Crippen molar-refractivity contribution in [1.82, 2.24) is 0 Å². The van der Waals surface area contributed by atoms with Crippen molar-refractivity contribution in [3.8, 4) is 0 Å². The number of esters is 1. The molecule has 0 amide bonds. The number of hydrogen-bond acceptors (Lipinski definition) is 12. The quantitative estimate of drug-likeness (QED) is 0.132. The van der Waals surface area contributed by atoms with Gasteiger partial charge in [-0.25, -0.2) is 18.2 Å². The van der Waals surface area contributed by atoms with Crippen molar-refractivity contribution < 1.29 is 57.4 Å². The fraction of sp³-hybridized carbons (Fsp3) is 0.893. The van der Waals surface area contributed by atoms with E-state index >= 15 is 0 Å². The highest BCUT2D eigenvalue weighted by Gasteiger charge is 2.46. The van der Waals surface area contributed by atoms with Crippen molar-refractivity contribution >= 4 is 27.7 Å². The third-order valence-corrected chi connectivity index (χ3v) is 13.1. The Hall–Kier alpha value is -2.92. The molecule has 4 fully saturated rings. The van der Waals surface area contributed by atoms with Crippen molar-refractivity contribution in [2.24, 2.45) is 23.7 Å². The molecule has 16 nitrogen and oxygen atoms in total. The lowest BCUT2D eigenvalue weighted by molar-refractivity contribution is -0.529. The average molecular weight is 663 g/mol. The summed E-state index contributed by atoms with van der Waals surface area (Å²) in [5.41, 5.74) is 0. The van der Waals surface area contributed by atoms with E-state index in [-0.39, 0.29) is 64.1 Å². The lowest BCUT2D eigenvalue weighted by atomic mass is 9.77. The molecule has 0 aromatic rings. The van der Waals surface area contributed by atoms with Crippen molar-refractivity contribution in [3.63, 3.8) is 0 Å². The van der Waals surface area contributed by atoms with Crippen molar-refractivity contribution in [3.05, 3.63) is 20.2 Å². The number of carbonyl (C=O) groups is 3. The highest BCUT2D eigenvalue weighted by molar-refractivity contribution is 7.92. The number of hydrogen-bond donors (Lipinski definition) is 2. The zero-order valence-electron chi connectivity index (χ0n) is 25.0. The average Bonchev–Trinajstić information content (AvgIpc) is 3.01. The minimum absolute atomic E-state index is 0.0151. The molecule has 254 valence electrons. The minimum atomic E-state index is -3.51. The highest BCUT2D eigenvalue weighted by atomic mass is 32.2. The molecule has 0 heterocycles. The van der Waals surface area contributed by atoms with Gasteiger partial charge in [-0.05, 0) is 64.2 Å². The molecule has 0 aliphatic heterocycles. The molecule has 6 unspecified atom stereocenters. The Kier molecular flexibility index (Phi) is 11.7. The normalized spacial score (nSPS) is 36.0. The molecule has 4 saturated carbocycles. The van der Waals surface area contributed by atoms with Crippen LogP contribution in [-0.4, -0.2) is 87.8 Å². The lowest BCUT2D eigenvalue weighted by Crippen LogP contribution is -2.43. The van der Waals surface area contributed by atoms with Crippen LogP contribution in [0.1, 0.15) is 89.9 Å². The number of nitrogens with zero attached hydrogens (tertiary/aromatic N) is 2. The molecule has 6 atom stereocenters. The zero-order valence-corrected chi connectivity index (χ0v) is 25.8. The molecule has 4 rings (SSSR count). The number of sulfone groups is 1. The van der Waals surface area contributed by atoms with Crippen LogP contribution in [0.4, 0.5) is 0 Å². The van der Waals surface area contributed by atoms with Crippen molar-refractivity contribution in [2.45, 2.75) is 125 Å². The number of carbonyl (C=O) groups excluding carboxylic acids is 1. The van der Waals surface area contributed by atoms with Crippen molar-refractivity contribution in [2.75, 3.05) is 6.61 Å². The largest absolute Gasteiger partial charge is 0.481 e. The van der Waals surface area contributed by atoms with Gasteiger partial charge in [0.15, 0.2) is 9.84 Å².